The molecule has 1 atom stereocenters. The molecule has 3 aromatic rings. The summed E-state index contributed by atoms with van der Waals surface area (Å²) < 4.78 is 11.6. The molecule has 0 amide bonds. The van der Waals surface area contributed by atoms with Gasteiger partial charge in [-0.2, -0.15) is 0 Å². The molecule has 1 unspecified atom stereocenters. The molecule has 1 aromatic heterocycles. The summed E-state index contributed by atoms with van der Waals surface area (Å²) in [6.45, 7) is 1.53. The molecule has 1 fully saturated rings. The van der Waals surface area contributed by atoms with Gasteiger partial charge in [-0.1, -0.05) is 23.9 Å². The van der Waals surface area contributed by atoms with Crippen LogP contribution < -0.4 is 15.4 Å². The van der Waals surface area contributed by atoms with Crippen LogP contribution in [-0.2, 0) is 4.74 Å². The number of nitrogens with zero attached hydrogens (tertiary/aromatic N) is 3. The molecular formula is C22H22N4O2S. The Morgan fingerprint density at radius 3 is 2.69 bits per heavy atom. The van der Waals surface area contributed by atoms with Gasteiger partial charge in [0.15, 0.2) is 0 Å². The summed E-state index contributed by atoms with van der Waals surface area (Å²) in [6, 6.07) is 16.3. The van der Waals surface area contributed by atoms with Crippen molar-refractivity contribution in [2.45, 2.75) is 29.2 Å². The molecule has 0 spiro atoms. The van der Waals surface area contributed by atoms with Crippen molar-refractivity contribution in [1.82, 2.24) is 9.97 Å². The molecule has 0 radical (unpaired) electrons. The van der Waals surface area contributed by atoms with Gasteiger partial charge in [0.1, 0.15) is 17.6 Å². The van der Waals surface area contributed by atoms with Crippen LogP contribution in [-0.4, -0.2) is 28.7 Å². The number of ether oxygens (including phenoxy) is 2. The van der Waals surface area contributed by atoms with Gasteiger partial charge in [-0.25, -0.2) is 9.97 Å². The van der Waals surface area contributed by atoms with Gasteiger partial charge in [-0.05, 0) is 55.2 Å². The first-order chi connectivity index (χ1) is 14.3. The highest BCUT2D eigenvalue weighted by Crippen LogP contribution is 2.45. The highest BCUT2D eigenvalue weighted by molar-refractivity contribution is 8.00. The van der Waals surface area contributed by atoms with Gasteiger partial charge in [-0.3, -0.25) is 0 Å². The number of nitrogens with two attached hydrogens (primary N) is 1. The lowest BCUT2D eigenvalue weighted by Crippen LogP contribution is -2.31. The Morgan fingerprint density at radius 2 is 1.86 bits per heavy atom. The van der Waals surface area contributed by atoms with Gasteiger partial charge < -0.3 is 20.1 Å². The molecule has 2 aromatic carbocycles. The lowest BCUT2D eigenvalue weighted by Gasteiger charge is -2.24. The number of para-hydroxylation sites is 1. The first kappa shape index (κ1) is 18.4. The van der Waals surface area contributed by atoms with E-state index in [0.29, 0.717) is 11.8 Å². The molecular weight excluding hydrogens is 384 g/mol. The molecule has 0 saturated carbocycles. The second kappa shape index (κ2) is 8.02. The van der Waals surface area contributed by atoms with Crippen LogP contribution in [0.1, 0.15) is 24.3 Å². The zero-order valence-electron chi connectivity index (χ0n) is 15.9. The topological polar surface area (TPSA) is 73.5 Å². The van der Waals surface area contributed by atoms with Crippen LogP contribution in [0.5, 0.6) is 11.6 Å². The Hall–Kier alpha value is -2.61. The zero-order chi connectivity index (χ0) is 19.6. The number of rotatable bonds is 4. The monoisotopic (exact) mass is 406 g/mol. The molecule has 6 nitrogen and oxygen atoms in total. The number of fused-ring (bicyclic) bond motifs is 1. The maximum Gasteiger partial charge on any atom is 0.225 e. The lowest BCUT2D eigenvalue weighted by atomic mass is 9.93. The van der Waals surface area contributed by atoms with E-state index in [2.05, 4.69) is 27.0 Å². The summed E-state index contributed by atoms with van der Waals surface area (Å²) in [5.41, 5.74) is 9.44. The molecule has 2 N–H and O–H groups in total. The van der Waals surface area contributed by atoms with E-state index in [1.54, 1.807) is 11.8 Å². The van der Waals surface area contributed by atoms with E-state index in [-0.39, 0.29) is 5.50 Å². The summed E-state index contributed by atoms with van der Waals surface area (Å²) in [4.78, 5) is 11.9. The van der Waals surface area contributed by atoms with E-state index in [1.165, 1.54) is 11.2 Å². The number of benzene rings is 2. The Labute approximate surface area is 174 Å². The summed E-state index contributed by atoms with van der Waals surface area (Å²) in [5.74, 6) is 1.74. The summed E-state index contributed by atoms with van der Waals surface area (Å²) in [7, 11) is 0. The Kier molecular flexibility index (Phi) is 5.10. The Bertz CT molecular complexity index is 992. The van der Waals surface area contributed by atoms with Gasteiger partial charge in [-0.15, -0.1) is 0 Å². The standard InChI is InChI=1S/C22H22N4O2S/c23-22-26(19-3-1-2-4-20(19)29-22)16-5-7-17(8-6-16)28-21-18(13-24-14-25-21)15-9-11-27-12-10-15/h1-8,13-15,22H,9-12,23H2. The van der Waals surface area contributed by atoms with Crippen molar-refractivity contribution < 1.29 is 9.47 Å². The van der Waals surface area contributed by atoms with Crippen molar-refractivity contribution in [2.24, 2.45) is 5.73 Å². The molecule has 0 aliphatic carbocycles. The smallest absolute Gasteiger partial charge is 0.225 e. The molecule has 29 heavy (non-hydrogen) atoms. The highest BCUT2D eigenvalue weighted by Gasteiger charge is 2.28. The predicted octanol–water partition coefficient (Wildman–Crippen LogP) is 4.65. The summed E-state index contributed by atoms with van der Waals surface area (Å²) in [5, 5.41) is 0. The molecule has 7 heteroatoms. The third-order valence-electron chi connectivity index (χ3n) is 5.32. The van der Waals surface area contributed by atoms with Crippen molar-refractivity contribution >= 4 is 23.1 Å². The predicted molar refractivity (Wildman–Crippen MR) is 114 cm³/mol. The number of thioether (sulfide) groups is 1. The van der Waals surface area contributed by atoms with Crippen LogP contribution in [0.2, 0.25) is 0 Å². The van der Waals surface area contributed by atoms with E-state index in [1.807, 2.05) is 42.6 Å². The number of hydrogen-bond acceptors (Lipinski definition) is 7. The average Bonchev–Trinajstić information content (AvgIpc) is 3.11. The van der Waals surface area contributed by atoms with E-state index >= 15 is 0 Å². The van der Waals surface area contributed by atoms with E-state index in [9.17, 15) is 0 Å². The maximum absolute atomic E-state index is 6.36. The zero-order valence-corrected chi connectivity index (χ0v) is 16.7. The fourth-order valence-corrected chi connectivity index (χ4v) is 4.90. The number of aromatic nitrogens is 2. The molecule has 5 rings (SSSR count). The Morgan fingerprint density at radius 1 is 1.07 bits per heavy atom. The van der Waals surface area contributed by atoms with Gasteiger partial charge in [0.2, 0.25) is 5.88 Å². The lowest BCUT2D eigenvalue weighted by molar-refractivity contribution is 0.0847. The number of hydrogen-bond donors (Lipinski definition) is 1. The third-order valence-corrected chi connectivity index (χ3v) is 6.37. The van der Waals surface area contributed by atoms with E-state index in [0.717, 1.165) is 48.7 Å². The molecule has 0 bridgehead atoms. The van der Waals surface area contributed by atoms with Crippen molar-refractivity contribution in [3.05, 3.63) is 66.6 Å². The highest BCUT2D eigenvalue weighted by atomic mass is 32.2. The minimum atomic E-state index is -0.138. The average molecular weight is 407 g/mol. The second-order valence-corrected chi connectivity index (χ2v) is 8.27. The van der Waals surface area contributed by atoms with Crippen molar-refractivity contribution in [2.75, 3.05) is 18.1 Å². The van der Waals surface area contributed by atoms with Crippen LogP contribution in [0, 0.1) is 0 Å². The van der Waals surface area contributed by atoms with Crippen LogP contribution in [0.4, 0.5) is 11.4 Å². The van der Waals surface area contributed by atoms with Gasteiger partial charge in [0.25, 0.3) is 0 Å². The first-order valence-electron chi connectivity index (χ1n) is 9.75. The fraction of sp³-hybridized carbons (Fsp3) is 0.273. The van der Waals surface area contributed by atoms with E-state index < -0.39 is 0 Å². The molecule has 148 valence electrons. The van der Waals surface area contributed by atoms with Crippen LogP contribution in [0.3, 0.4) is 0 Å². The first-order valence-corrected chi connectivity index (χ1v) is 10.6. The summed E-state index contributed by atoms with van der Waals surface area (Å²) >= 11 is 1.66. The minimum absolute atomic E-state index is 0.138. The minimum Gasteiger partial charge on any atom is -0.439 e. The molecule has 2 aliphatic heterocycles. The quantitative estimate of drug-likeness (QED) is 0.676. The maximum atomic E-state index is 6.36. The molecule has 3 heterocycles. The van der Waals surface area contributed by atoms with E-state index in [4.69, 9.17) is 15.2 Å². The van der Waals surface area contributed by atoms with Gasteiger partial charge in [0, 0.05) is 35.6 Å². The van der Waals surface area contributed by atoms with Crippen LogP contribution in [0.15, 0.2) is 66.0 Å². The third kappa shape index (κ3) is 3.69. The normalized spacial score (nSPS) is 19.2. The molecule has 1 saturated heterocycles. The Balaban J connectivity index is 1.37. The fourth-order valence-electron chi connectivity index (χ4n) is 3.85. The summed E-state index contributed by atoms with van der Waals surface area (Å²) in [6.07, 6.45) is 5.33. The molecule has 2 aliphatic rings. The SMILES string of the molecule is NC1Sc2ccccc2N1c1ccc(Oc2ncncc2C2CCOCC2)cc1. The second-order valence-electron chi connectivity index (χ2n) is 7.11. The largest absolute Gasteiger partial charge is 0.439 e. The van der Waals surface area contributed by atoms with Crippen LogP contribution >= 0.6 is 11.8 Å². The van der Waals surface area contributed by atoms with Gasteiger partial charge >= 0.3 is 0 Å². The van der Waals surface area contributed by atoms with Crippen molar-refractivity contribution in [3.63, 3.8) is 0 Å². The number of anilines is 2. The van der Waals surface area contributed by atoms with Gasteiger partial charge in [0.05, 0.1) is 5.69 Å². The van der Waals surface area contributed by atoms with Crippen molar-refractivity contribution in [3.8, 4) is 11.6 Å². The van der Waals surface area contributed by atoms with Crippen LogP contribution in [0.25, 0.3) is 0 Å². The van der Waals surface area contributed by atoms with Crippen molar-refractivity contribution in [1.29, 1.82) is 0 Å².